The minimum Gasteiger partial charge on any atom is -0.480 e. The molecule has 164 valence electrons. The predicted octanol–water partition coefficient (Wildman–Crippen LogP) is 4.70. The topological polar surface area (TPSA) is 46.5 Å². The van der Waals surface area contributed by atoms with Crippen molar-refractivity contribution in [3.63, 3.8) is 0 Å². The molecule has 3 aromatic rings. The van der Waals surface area contributed by atoms with E-state index in [1.807, 2.05) is 72.8 Å². The molecule has 0 fully saturated rings. The Morgan fingerprint density at radius 1 is 0.906 bits per heavy atom. The molecule has 0 unspecified atom stereocenters. The summed E-state index contributed by atoms with van der Waals surface area (Å²) in [5.74, 6) is -0.876. The number of rotatable bonds is 6. The van der Waals surface area contributed by atoms with E-state index in [1.54, 1.807) is 0 Å². The van der Waals surface area contributed by atoms with Gasteiger partial charge in [-0.3, -0.25) is 4.79 Å². The van der Waals surface area contributed by atoms with Crippen LogP contribution in [0.25, 0.3) is 0 Å². The van der Waals surface area contributed by atoms with Crippen LogP contribution in [0.5, 0.6) is 0 Å². The highest BCUT2D eigenvalue weighted by atomic mass is 28.4. The summed E-state index contributed by atoms with van der Waals surface area (Å²) >= 11 is 0. The fourth-order valence-corrected chi connectivity index (χ4v) is 9.57. The SMILES string of the molecule is CC(C)(C)[Si](OC[C@]1(C(=O)O)C=CCc2ccccc21)(c1ccccc1)c1ccccc1. The first-order chi connectivity index (χ1) is 15.3. The van der Waals surface area contributed by atoms with Crippen LogP contribution >= 0.6 is 0 Å². The zero-order valence-electron chi connectivity index (χ0n) is 18.9. The average Bonchev–Trinajstić information content (AvgIpc) is 2.80. The molecule has 3 aromatic carbocycles. The van der Waals surface area contributed by atoms with Gasteiger partial charge in [-0.2, -0.15) is 0 Å². The van der Waals surface area contributed by atoms with Crippen molar-refractivity contribution in [2.45, 2.75) is 37.6 Å². The van der Waals surface area contributed by atoms with Crippen LogP contribution in [0, 0.1) is 0 Å². The van der Waals surface area contributed by atoms with Crippen LogP contribution in [0.15, 0.2) is 97.1 Å². The number of benzene rings is 3. The second-order valence-corrected chi connectivity index (χ2v) is 13.8. The summed E-state index contributed by atoms with van der Waals surface area (Å²) in [6.45, 7) is 6.70. The van der Waals surface area contributed by atoms with Gasteiger partial charge in [0.25, 0.3) is 8.32 Å². The minimum atomic E-state index is -2.84. The maximum atomic E-state index is 12.8. The quantitative estimate of drug-likeness (QED) is 0.445. The monoisotopic (exact) mass is 442 g/mol. The van der Waals surface area contributed by atoms with Crippen molar-refractivity contribution in [3.05, 3.63) is 108 Å². The van der Waals surface area contributed by atoms with Crippen LogP contribution in [0.2, 0.25) is 5.04 Å². The standard InChI is InChI=1S/C28H30O3Si/c1-27(2,3)32(23-15-6-4-7-16-23,24-17-8-5-9-18-24)31-21-28(26(29)30)20-12-14-22-13-10-11-19-25(22)28/h4-13,15-20H,14,21H2,1-3H3,(H,29,30)/t28-/m1/s1. The third-order valence-corrected chi connectivity index (χ3v) is 11.5. The summed E-state index contributed by atoms with van der Waals surface area (Å²) in [5, 5.41) is 12.5. The molecular weight excluding hydrogens is 412 g/mol. The number of hydrogen-bond acceptors (Lipinski definition) is 2. The fraction of sp³-hybridized carbons (Fsp3) is 0.250. The zero-order valence-corrected chi connectivity index (χ0v) is 19.9. The Kier molecular flexibility index (Phi) is 5.93. The summed E-state index contributed by atoms with van der Waals surface area (Å²) in [5.41, 5.74) is 0.665. The van der Waals surface area contributed by atoms with Gasteiger partial charge in [-0.15, -0.1) is 0 Å². The molecule has 4 rings (SSSR count). The van der Waals surface area contributed by atoms with Gasteiger partial charge >= 0.3 is 5.97 Å². The van der Waals surface area contributed by atoms with E-state index >= 15 is 0 Å². The number of carboxylic acid groups (broad SMARTS) is 1. The van der Waals surface area contributed by atoms with Gasteiger partial charge in [-0.25, -0.2) is 0 Å². The molecule has 0 spiro atoms. The van der Waals surface area contributed by atoms with Crippen molar-refractivity contribution in [2.75, 3.05) is 6.61 Å². The number of allylic oxidation sites excluding steroid dienone is 1. The van der Waals surface area contributed by atoms with E-state index in [0.29, 0.717) is 0 Å². The predicted molar refractivity (Wildman–Crippen MR) is 132 cm³/mol. The van der Waals surface area contributed by atoms with E-state index < -0.39 is 19.7 Å². The summed E-state index contributed by atoms with van der Waals surface area (Å²) in [6, 6.07) is 28.5. The van der Waals surface area contributed by atoms with Gasteiger partial charge in [0, 0.05) is 0 Å². The molecule has 0 amide bonds. The number of hydrogen-bond donors (Lipinski definition) is 1. The summed E-state index contributed by atoms with van der Waals surface area (Å²) in [6.07, 6.45) is 4.53. The van der Waals surface area contributed by atoms with Gasteiger partial charge in [0.05, 0.1) is 6.61 Å². The molecule has 0 radical (unpaired) electrons. The molecule has 32 heavy (non-hydrogen) atoms. The van der Waals surface area contributed by atoms with E-state index in [9.17, 15) is 9.90 Å². The average molecular weight is 443 g/mol. The Bertz CT molecular complexity index is 1080. The molecule has 4 heteroatoms. The van der Waals surface area contributed by atoms with E-state index in [0.717, 1.165) is 27.9 Å². The lowest BCUT2D eigenvalue weighted by Crippen LogP contribution is -2.67. The van der Waals surface area contributed by atoms with Crippen LogP contribution < -0.4 is 10.4 Å². The third-order valence-electron chi connectivity index (χ3n) is 6.55. The molecule has 1 atom stereocenters. The summed E-state index contributed by atoms with van der Waals surface area (Å²) < 4.78 is 7.03. The Morgan fingerprint density at radius 3 is 1.97 bits per heavy atom. The minimum absolute atomic E-state index is 0.0864. The first-order valence-electron chi connectivity index (χ1n) is 11.1. The number of carboxylic acids is 1. The van der Waals surface area contributed by atoms with Crippen LogP contribution in [0.4, 0.5) is 0 Å². The third kappa shape index (κ3) is 3.64. The second-order valence-electron chi connectivity index (χ2n) is 9.49. The maximum Gasteiger partial charge on any atom is 0.320 e. The smallest absolute Gasteiger partial charge is 0.320 e. The molecule has 1 aliphatic rings. The van der Waals surface area contributed by atoms with Gasteiger partial charge in [-0.05, 0) is 33.0 Å². The van der Waals surface area contributed by atoms with Crippen LogP contribution in [0.1, 0.15) is 31.9 Å². The Hall–Kier alpha value is -2.95. The van der Waals surface area contributed by atoms with Gasteiger partial charge in [-0.1, -0.05) is 118 Å². The molecule has 1 N–H and O–H groups in total. The Labute approximate surface area is 191 Å². The lowest BCUT2D eigenvalue weighted by Gasteiger charge is -2.45. The van der Waals surface area contributed by atoms with Crippen molar-refractivity contribution < 1.29 is 14.3 Å². The molecule has 3 nitrogen and oxygen atoms in total. The molecule has 0 aromatic heterocycles. The molecule has 0 aliphatic heterocycles. The lowest BCUT2D eigenvalue weighted by atomic mass is 9.75. The molecular formula is C28H30O3Si. The van der Waals surface area contributed by atoms with Gasteiger partial charge < -0.3 is 9.53 Å². The van der Waals surface area contributed by atoms with Gasteiger partial charge in [0.1, 0.15) is 5.41 Å². The first kappa shape index (κ1) is 22.2. The highest BCUT2D eigenvalue weighted by molar-refractivity contribution is 6.99. The van der Waals surface area contributed by atoms with Crippen LogP contribution in [-0.4, -0.2) is 26.0 Å². The highest BCUT2D eigenvalue weighted by Crippen LogP contribution is 2.40. The van der Waals surface area contributed by atoms with E-state index in [2.05, 4.69) is 45.0 Å². The zero-order chi connectivity index (χ0) is 22.8. The van der Waals surface area contributed by atoms with Crippen molar-refractivity contribution in [3.8, 4) is 0 Å². The van der Waals surface area contributed by atoms with Crippen molar-refractivity contribution >= 4 is 24.7 Å². The highest BCUT2D eigenvalue weighted by Gasteiger charge is 2.52. The van der Waals surface area contributed by atoms with Gasteiger partial charge in [0.15, 0.2) is 0 Å². The Morgan fingerprint density at radius 2 is 1.44 bits per heavy atom. The van der Waals surface area contributed by atoms with Crippen LogP contribution in [0.3, 0.4) is 0 Å². The Balaban J connectivity index is 1.88. The van der Waals surface area contributed by atoms with E-state index in [-0.39, 0.29) is 11.6 Å². The number of carbonyl (C=O) groups is 1. The molecule has 0 heterocycles. The van der Waals surface area contributed by atoms with E-state index in [4.69, 9.17) is 4.43 Å². The second kappa shape index (κ2) is 8.53. The maximum absolute atomic E-state index is 12.8. The van der Waals surface area contributed by atoms with Crippen molar-refractivity contribution in [1.82, 2.24) is 0 Å². The van der Waals surface area contributed by atoms with Gasteiger partial charge in [0.2, 0.25) is 0 Å². The van der Waals surface area contributed by atoms with E-state index in [1.165, 1.54) is 0 Å². The molecule has 0 saturated carbocycles. The van der Waals surface area contributed by atoms with Crippen molar-refractivity contribution in [1.29, 1.82) is 0 Å². The largest absolute Gasteiger partial charge is 0.480 e. The summed E-state index contributed by atoms with van der Waals surface area (Å²) in [4.78, 5) is 12.8. The molecule has 0 bridgehead atoms. The summed E-state index contributed by atoms with van der Waals surface area (Å²) in [7, 11) is -2.84. The number of fused-ring (bicyclic) bond motifs is 1. The molecule has 0 saturated heterocycles. The lowest BCUT2D eigenvalue weighted by molar-refractivity contribution is -0.143. The van der Waals surface area contributed by atoms with Crippen LogP contribution in [-0.2, 0) is 21.1 Å². The fourth-order valence-electron chi connectivity index (χ4n) is 4.97. The van der Waals surface area contributed by atoms with Crippen molar-refractivity contribution in [2.24, 2.45) is 0 Å². The molecule has 1 aliphatic carbocycles. The number of aliphatic carboxylic acids is 1. The first-order valence-corrected chi connectivity index (χ1v) is 13.0. The normalized spacial score (nSPS) is 18.2.